The van der Waals surface area contributed by atoms with E-state index >= 15 is 0 Å². The standard InChI is InChI=1S/C13H19NO3/c1-9-10(12-8-14-6-7-17-12)4-5-11(15-2)13(9)16-3/h4-5,12,14H,6-8H2,1-3H3. The van der Waals surface area contributed by atoms with Gasteiger partial charge in [0.25, 0.3) is 0 Å². The van der Waals surface area contributed by atoms with E-state index in [4.69, 9.17) is 14.2 Å². The summed E-state index contributed by atoms with van der Waals surface area (Å²) in [4.78, 5) is 0. The van der Waals surface area contributed by atoms with E-state index in [0.717, 1.165) is 42.3 Å². The summed E-state index contributed by atoms with van der Waals surface area (Å²) in [5.74, 6) is 1.55. The molecule has 1 aliphatic heterocycles. The molecule has 4 heteroatoms. The Balaban J connectivity index is 2.34. The average Bonchev–Trinajstić information content (AvgIpc) is 2.39. The molecule has 4 nitrogen and oxygen atoms in total. The van der Waals surface area contributed by atoms with Gasteiger partial charge in [-0.05, 0) is 18.6 Å². The number of nitrogens with one attached hydrogen (secondary N) is 1. The number of hydrogen-bond donors (Lipinski definition) is 1. The summed E-state index contributed by atoms with van der Waals surface area (Å²) in [5.41, 5.74) is 2.25. The molecule has 0 aromatic heterocycles. The van der Waals surface area contributed by atoms with Crippen LogP contribution in [0.4, 0.5) is 0 Å². The monoisotopic (exact) mass is 237 g/mol. The molecule has 0 radical (unpaired) electrons. The second-order valence-corrected chi connectivity index (χ2v) is 4.08. The average molecular weight is 237 g/mol. The molecule has 1 unspecified atom stereocenters. The van der Waals surface area contributed by atoms with Gasteiger partial charge >= 0.3 is 0 Å². The third-order valence-corrected chi connectivity index (χ3v) is 3.11. The Morgan fingerprint density at radius 1 is 1.29 bits per heavy atom. The number of methoxy groups -OCH3 is 2. The summed E-state index contributed by atoms with van der Waals surface area (Å²) in [6.07, 6.45) is 0.101. The number of benzene rings is 1. The second kappa shape index (κ2) is 5.38. The maximum absolute atomic E-state index is 5.76. The van der Waals surface area contributed by atoms with Crippen LogP contribution in [0.1, 0.15) is 17.2 Å². The minimum absolute atomic E-state index is 0.101. The number of rotatable bonds is 3. The zero-order valence-electron chi connectivity index (χ0n) is 10.6. The van der Waals surface area contributed by atoms with E-state index in [9.17, 15) is 0 Å². The van der Waals surface area contributed by atoms with Crippen molar-refractivity contribution in [2.45, 2.75) is 13.0 Å². The Kier molecular flexibility index (Phi) is 3.86. The molecule has 1 atom stereocenters. The van der Waals surface area contributed by atoms with Gasteiger partial charge in [0, 0.05) is 18.7 Å². The summed E-state index contributed by atoms with van der Waals surface area (Å²) >= 11 is 0. The maximum Gasteiger partial charge on any atom is 0.163 e. The molecule has 1 fully saturated rings. The molecule has 0 amide bonds. The molecule has 1 aromatic rings. The fraction of sp³-hybridized carbons (Fsp3) is 0.538. The SMILES string of the molecule is COc1ccc(C2CNCCO2)c(C)c1OC. The number of ether oxygens (including phenoxy) is 3. The van der Waals surface area contributed by atoms with Crippen LogP contribution in [0.5, 0.6) is 11.5 Å². The van der Waals surface area contributed by atoms with E-state index in [1.54, 1.807) is 14.2 Å². The topological polar surface area (TPSA) is 39.7 Å². The fourth-order valence-corrected chi connectivity index (χ4v) is 2.21. The minimum atomic E-state index is 0.101. The lowest BCUT2D eigenvalue weighted by Crippen LogP contribution is -2.33. The predicted molar refractivity (Wildman–Crippen MR) is 65.8 cm³/mol. The Hall–Kier alpha value is -1.26. The highest BCUT2D eigenvalue weighted by Crippen LogP contribution is 2.36. The maximum atomic E-state index is 5.76. The van der Waals surface area contributed by atoms with Crippen LogP contribution >= 0.6 is 0 Å². The van der Waals surface area contributed by atoms with E-state index in [1.807, 2.05) is 19.1 Å². The van der Waals surface area contributed by atoms with Gasteiger partial charge in [-0.3, -0.25) is 0 Å². The van der Waals surface area contributed by atoms with Gasteiger partial charge in [0.2, 0.25) is 0 Å². The van der Waals surface area contributed by atoms with Gasteiger partial charge in [0.05, 0.1) is 26.9 Å². The van der Waals surface area contributed by atoms with Gasteiger partial charge in [0.1, 0.15) is 0 Å². The molecule has 1 saturated heterocycles. The van der Waals surface area contributed by atoms with E-state index in [2.05, 4.69) is 5.32 Å². The lowest BCUT2D eigenvalue weighted by Gasteiger charge is -2.26. The second-order valence-electron chi connectivity index (χ2n) is 4.08. The zero-order valence-corrected chi connectivity index (χ0v) is 10.6. The summed E-state index contributed by atoms with van der Waals surface area (Å²) < 4.78 is 16.4. The number of hydrogen-bond acceptors (Lipinski definition) is 4. The fourth-order valence-electron chi connectivity index (χ4n) is 2.21. The van der Waals surface area contributed by atoms with Crippen LogP contribution in [-0.4, -0.2) is 33.9 Å². The van der Waals surface area contributed by atoms with Crippen molar-refractivity contribution >= 4 is 0 Å². The van der Waals surface area contributed by atoms with Crippen molar-refractivity contribution in [3.63, 3.8) is 0 Å². The van der Waals surface area contributed by atoms with E-state index in [0.29, 0.717) is 0 Å². The molecule has 0 saturated carbocycles. The Labute approximate surface area is 102 Å². The summed E-state index contributed by atoms with van der Waals surface area (Å²) in [6, 6.07) is 3.98. The van der Waals surface area contributed by atoms with Crippen molar-refractivity contribution in [1.29, 1.82) is 0 Å². The Morgan fingerprint density at radius 3 is 2.71 bits per heavy atom. The quantitative estimate of drug-likeness (QED) is 0.868. The molecule has 1 heterocycles. The van der Waals surface area contributed by atoms with Gasteiger partial charge in [-0.2, -0.15) is 0 Å². The van der Waals surface area contributed by atoms with E-state index in [-0.39, 0.29) is 6.10 Å². The third-order valence-electron chi connectivity index (χ3n) is 3.11. The van der Waals surface area contributed by atoms with Crippen LogP contribution in [0.25, 0.3) is 0 Å². The molecule has 1 aromatic carbocycles. The van der Waals surface area contributed by atoms with Crippen molar-refractivity contribution in [2.24, 2.45) is 0 Å². The van der Waals surface area contributed by atoms with Crippen LogP contribution in [0.2, 0.25) is 0 Å². The first-order valence-electron chi connectivity index (χ1n) is 5.81. The van der Waals surface area contributed by atoms with Crippen molar-refractivity contribution in [3.05, 3.63) is 23.3 Å². The first-order chi connectivity index (χ1) is 8.27. The predicted octanol–water partition coefficient (Wildman–Crippen LogP) is 1.67. The zero-order chi connectivity index (χ0) is 12.3. The van der Waals surface area contributed by atoms with Crippen LogP contribution in [0.3, 0.4) is 0 Å². The lowest BCUT2D eigenvalue weighted by atomic mass is 10.0. The van der Waals surface area contributed by atoms with Crippen molar-refractivity contribution in [2.75, 3.05) is 33.9 Å². The molecular formula is C13H19NO3. The summed E-state index contributed by atoms with van der Waals surface area (Å²) in [7, 11) is 3.31. The first kappa shape index (κ1) is 12.2. The molecular weight excluding hydrogens is 218 g/mol. The lowest BCUT2D eigenvalue weighted by molar-refractivity contribution is 0.0271. The molecule has 1 N–H and O–H groups in total. The molecule has 1 aliphatic rings. The first-order valence-corrected chi connectivity index (χ1v) is 5.81. The highest BCUT2D eigenvalue weighted by molar-refractivity contribution is 5.50. The van der Waals surface area contributed by atoms with Gasteiger partial charge in [0.15, 0.2) is 11.5 Å². The highest BCUT2D eigenvalue weighted by atomic mass is 16.5. The van der Waals surface area contributed by atoms with E-state index < -0.39 is 0 Å². The summed E-state index contributed by atoms with van der Waals surface area (Å²) in [5, 5.41) is 3.33. The Bertz CT molecular complexity index is 386. The van der Waals surface area contributed by atoms with Crippen LogP contribution < -0.4 is 14.8 Å². The van der Waals surface area contributed by atoms with Crippen molar-refractivity contribution < 1.29 is 14.2 Å². The number of morpholine rings is 1. The molecule has 2 rings (SSSR count). The molecule has 0 bridgehead atoms. The summed E-state index contributed by atoms with van der Waals surface area (Å²) in [6.45, 7) is 4.55. The molecule has 17 heavy (non-hydrogen) atoms. The molecule has 0 spiro atoms. The van der Waals surface area contributed by atoms with Gasteiger partial charge in [-0.1, -0.05) is 6.07 Å². The minimum Gasteiger partial charge on any atom is -0.493 e. The van der Waals surface area contributed by atoms with Gasteiger partial charge < -0.3 is 19.5 Å². The van der Waals surface area contributed by atoms with Crippen molar-refractivity contribution in [1.82, 2.24) is 5.32 Å². The van der Waals surface area contributed by atoms with E-state index in [1.165, 1.54) is 0 Å². The van der Waals surface area contributed by atoms with Crippen LogP contribution in [0, 0.1) is 6.92 Å². The molecule has 94 valence electrons. The van der Waals surface area contributed by atoms with Crippen LogP contribution in [0.15, 0.2) is 12.1 Å². The largest absolute Gasteiger partial charge is 0.493 e. The normalized spacial score (nSPS) is 20.1. The van der Waals surface area contributed by atoms with Gasteiger partial charge in [-0.15, -0.1) is 0 Å². The Morgan fingerprint density at radius 2 is 2.12 bits per heavy atom. The smallest absolute Gasteiger partial charge is 0.163 e. The van der Waals surface area contributed by atoms with Crippen LogP contribution in [-0.2, 0) is 4.74 Å². The third kappa shape index (κ3) is 2.37. The molecule has 0 aliphatic carbocycles. The van der Waals surface area contributed by atoms with Crippen molar-refractivity contribution in [3.8, 4) is 11.5 Å². The highest BCUT2D eigenvalue weighted by Gasteiger charge is 2.21. The van der Waals surface area contributed by atoms with Gasteiger partial charge in [-0.25, -0.2) is 0 Å².